The number of Topliss-reactive ketones (excluding diaryl/α,β-unsaturated/α-hetero) is 1. The van der Waals surface area contributed by atoms with Crippen LogP contribution in [0.1, 0.15) is 19.3 Å². The Kier molecular flexibility index (Phi) is 1.51. The minimum absolute atomic E-state index is 0.0162. The predicted octanol–water partition coefficient (Wildman–Crippen LogP) is -0.159. The largest absolute Gasteiger partial charge is 0.369 e. The molecule has 1 fully saturated rings. The van der Waals surface area contributed by atoms with Crippen LogP contribution in [0.5, 0.6) is 0 Å². The zero-order valence-electron chi connectivity index (χ0n) is 5.09. The lowest BCUT2D eigenvalue weighted by molar-refractivity contribution is -0.127. The van der Waals surface area contributed by atoms with Crippen LogP contribution in [0.2, 0.25) is 0 Å². The Balaban J connectivity index is 2.26. The molecule has 0 bridgehead atoms. The van der Waals surface area contributed by atoms with Gasteiger partial charge in [0.25, 0.3) is 0 Å². The highest BCUT2D eigenvalue weighted by Crippen LogP contribution is 2.30. The van der Waals surface area contributed by atoms with E-state index in [0.29, 0.717) is 0 Å². The molecule has 0 aliphatic heterocycles. The van der Waals surface area contributed by atoms with Crippen LogP contribution in [0.4, 0.5) is 0 Å². The van der Waals surface area contributed by atoms with Gasteiger partial charge in [-0.3, -0.25) is 9.59 Å². The minimum atomic E-state index is -0.507. The Labute approximate surface area is 53.2 Å². The van der Waals surface area contributed by atoms with E-state index in [1.165, 1.54) is 0 Å². The van der Waals surface area contributed by atoms with Crippen LogP contribution < -0.4 is 5.73 Å². The van der Waals surface area contributed by atoms with E-state index in [1.807, 2.05) is 0 Å². The first-order valence-corrected chi connectivity index (χ1v) is 3.01. The van der Waals surface area contributed by atoms with Crippen molar-refractivity contribution in [1.29, 1.82) is 0 Å². The third-order valence-corrected chi connectivity index (χ3v) is 1.38. The first kappa shape index (κ1) is 6.26. The number of nitrogens with two attached hydrogens (primary N) is 1. The molecule has 50 valence electrons. The molecule has 1 amide bonds. The number of ketones is 1. The summed E-state index contributed by atoms with van der Waals surface area (Å²) in [6.45, 7) is 0. The molecule has 0 aromatic heterocycles. The van der Waals surface area contributed by atoms with Gasteiger partial charge in [0.05, 0.1) is 6.42 Å². The van der Waals surface area contributed by atoms with Crippen LogP contribution in [0.15, 0.2) is 0 Å². The fourth-order valence-electron chi connectivity index (χ4n) is 0.721. The molecule has 2 N–H and O–H groups in total. The molecule has 3 nitrogen and oxygen atoms in total. The van der Waals surface area contributed by atoms with Crippen molar-refractivity contribution >= 4 is 11.7 Å². The van der Waals surface area contributed by atoms with Crippen LogP contribution in [-0.2, 0) is 9.59 Å². The van der Waals surface area contributed by atoms with Crippen LogP contribution >= 0.6 is 0 Å². The molecule has 1 saturated carbocycles. The molecule has 0 heterocycles. The molecule has 0 atom stereocenters. The fraction of sp³-hybridized carbons (Fsp3) is 0.667. The summed E-state index contributed by atoms with van der Waals surface area (Å²) in [5, 5.41) is 0. The van der Waals surface area contributed by atoms with Gasteiger partial charge in [-0.2, -0.15) is 0 Å². The average Bonchev–Trinajstić information content (AvgIpc) is 2.40. The zero-order chi connectivity index (χ0) is 6.85. The normalized spacial score (nSPS) is 17.3. The molecule has 0 spiro atoms. The lowest BCUT2D eigenvalue weighted by atomic mass is 10.2. The number of primary amides is 1. The highest BCUT2D eigenvalue weighted by Gasteiger charge is 2.29. The second-order valence-electron chi connectivity index (χ2n) is 2.38. The maximum atomic E-state index is 10.7. The summed E-state index contributed by atoms with van der Waals surface area (Å²) in [5.74, 6) is -0.327. The fourth-order valence-corrected chi connectivity index (χ4v) is 0.721. The second-order valence-corrected chi connectivity index (χ2v) is 2.38. The lowest BCUT2D eigenvalue weighted by Gasteiger charge is -1.89. The number of hydrogen-bond acceptors (Lipinski definition) is 2. The van der Waals surface area contributed by atoms with Gasteiger partial charge in [0.2, 0.25) is 5.91 Å². The quantitative estimate of drug-likeness (QED) is 0.535. The van der Waals surface area contributed by atoms with Crippen molar-refractivity contribution in [1.82, 2.24) is 0 Å². The van der Waals surface area contributed by atoms with Crippen molar-refractivity contribution in [3.8, 4) is 0 Å². The smallest absolute Gasteiger partial charge is 0.224 e. The van der Waals surface area contributed by atoms with Gasteiger partial charge in [0.15, 0.2) is 0 Å². The first-order chi connectivity index (χ1) is 4.20. The van der Waals surface area contributed by atoms with E-state index in [0.717, 1.165) is 12.8 Å². The molecule has 9 heavy (non-hydrogen) atoms. The Hall–Kier alpha value is -0.860. The molecule has 1 aliphatic carbocycles. The van der Waals surface area contributed by atoms with Gasteiger partial charge in [-0.25, -0.2) is 0 Å². The van der Waals surface area contributed by atoms with E-state index in [9.17, 15) is 9.59 Å². The van der Waals surface area contributed by atoms with Crippen LogP contribution in [0, 0.1) is 5.92 Å². The molecule has 0 saturated heterocycles. The van der Waals surface area contributed by atoms with Crippen molar-refractivity contribution in [2.75, 3.05) is 0 Å². The number of amides is 1. The van der Waals surface area contributed by atoms with E-state index < -0.39 is 5.91 Å². The Morgan fingerprint density at radius 2 is 2.00 bits per heavy atom. The standard InChI is InChI=1S/C6H9NO2/c7-6(9)3-5(8)4-1-2-4/h4H,1-3H2,(H2,7,9). The molecule has 0 aromatic carbocycles. The second kappa shape index (κ2) is 2.17. The predicted molar refractivity (Wildman–Crippen MR) is 31.5 cm³/mol. The number of rotatable bonds is 3. The minimum Gasteiger partial charge on any atom is -0.369 e. The lowest BCUT2D eigenvalue weighted by Crippen LogP contribution is -2.16. The molecule has 0 aromatic rings. The first-order valence-electron chi connectivity index (χ1n) is 3.01. The van der Waals surface area contributed by atoms with Gasteiger partial charge in [-0.1, -0.05) is 0 Å². The monoisotopic (exact) mass is 127 g/mol. The third kappa shape index (κ3) is 1.83. The summed E-state index contributed by atoms with van der Waals surface area (Å²) in [7, 11) is 0. The molecule has 3 heteroatoms. The van der Waals surface area contributed by atoms with Crippen LogP contribution in [0.3, 0.4) is 0 Å². The average molecular weight is 127 g/mol. The summed E-state index contributed by atoms with van der Waals surface area (Å²) < 4.78 is 0. The van der Waals surface area contributed by atoms with Crippen molar-refractivity contribution in [3.05, 3.63) is 0 Å². The molecule has 0 unspecified atom stereocenters. The topological polar surface area (TPSA) is 60.2 Å². The molecular formula is C6H9NO2. The van der Waals surface area contributed by atoms with E-state index in [4.69, 9.17) is 5.73 Å². The third-order valence-electron chi connectivity index (χ3n) is 1.38. The summed E-state index contributed by atoms with van der Waals surface area (Å²) in [6.07, 6.45) is 1.84. The Morgan fingerprint density at radius 1 is 1.44 bits per heavy atom. The maximum Gasteiger partial charge on any atom is 0.224 e. The Morgan fingerprint density at radius 3 is 2.33 bits per heavy atom. The van der Waals surface area contributed by atoms with Gasteiger partial charge in [-0.05, 0) is 12.8 Å². The van der Waals surface area contributed by atoms with E-state index in [1.54, 1.807) is 0 Å². The van der Waals surface area contributed by atoms with Gasteiger partial charge < -0.3 is 5.73 Å². The van der Waals surface area contributed by atoms with Gasteiger partial charge in [0, 0.05) is 5.92 Å². The van der Waals surface area contributed by atoms with Gasteiger partial charge >= 0.3 is 0 Å². The number of carbonyl (C=O) groups excluding carboxylic acids is 2. The highest BCUT2D eigenvalue weighted by molar-refractivity contribution is 5.99. The Bertz CT molecular complexity index is 149. The van der Waals surface area contributed by atoms with Crippen molar-refractivity contribution in [2.24, 2.45) is 11.7 Å². The van der Waals surface area contributed by atoms with Crippen molar-refractivity contribution < 1.29 is 9.59 Å². The molecular weight excluding hydrogens is 118 g/mol. The van der Waals surface area contributed by atoms with Crippen molar-refractivity contribution in [2.45, 2.75) is 19.3 Å². The van der Waals surface area contributed by atoms with E-state index in [2.05, 4.69) is 0 Å². The van der Waals surface area contributed by atoms with E-state index in [-0.39, 0.29) is 18.1 Å². The van der Waals surface area contributed by atoms with Crippen LogP contribution in [0.25, 0.3) is 0 Å². The van der Waals surface area contributed by atoms with E-state index >= 15 is 0 Å². The maximum absolute atomic E-state index is 10.7. The van der Waals surface area contributed by atoms with Crippen molar-refractivity contribution in [3.63, 3.8) is 0 Å². The summed E-state index contributed by atoms with van der Waals surface area (Å²) in [5.41, 5.74) is 4.80. The summed E-state index contributed by atoms with van der Waals surface area (Å²) >= 11 is 0. The highest BCUT2D eigenvalue weighted by atomic mass is 16.2. The SMILES string of the molecule is NC(=O)CC(=O)C1CC1. The zero-order valence-corrected chi connectivity index (χ0v) is 5.09. The number of hydrogen-bond donors (Lipinski definition) is 1. The van der Waals surface area contributed by atoms with Crippen LogP contribution in [-0.4, -0.2) is 11.7 Å². The number of carbonyl (C=O) groups is 2. The molecule has 1 aliphatic rings. The summed E-state index contributed by atoms with van der Waals surface area (Å²) in [4.78, 5) is 20.9. The summed E-state index contributed by atoms with van der Waals surface area (Å²) in [6, 6.07) is 0. The van der Waals surface area contributed by atoms with Gasteiger partial charge in [-0.15, -0.1) is 0 Å². The molecule has 1 rings (SSSR count). The molecule has 0 radical (unpaired) electrons. The van der Waals surface area contributed by atoms with Gasteiger partial charge in [0.1, 0.15) is 5.78 Å².